The highest BCUT2D eigenvalue weighted by Gasteiger charge is 2.17. The summed E-state index contributed by atoms with van der Waals surface area (Å²) < 4.78 is 5.13. The van der Waals surface area contributed by atoms with Crippen LogP contribution in [0.1, 0.15) is 15.9 Å². The number of benzene rings is 1. The van der Waals surface area contributed by atoms with Crippen LogP contribution in [0.15, 0.2) is 42.7 Å². The van der Waals surface area contributed by atoms with Crippen molar-refractivity contribution in [1.82, 2.24) is 4.98 Å². The van der Waals surface area contributed by atoms with E-state index in [-0.39, 0.29) is 11.5 Å². The predicted molar refractivity (Wildman–Crippen MR) is 74.7 cm³/mol. The van der Waals surface area contributed by atoms with E-state index in [0.717, 1.165) is 0 Å². The van der Waals surface area contributed by atoms with Crippen LogP contribution in [0, 0.1) is 11.3 Å². The molecule has 0 aliphatic carbocycles. The number of methoxy groups -OCH3 is 1. The molecule has 0 unspecified atom stereocenters. The molecule has 0 aliphatic heterocycles. The van der Waals surface area contributed by atoms with Crippen molar-refractivity contribution in [2.24, 2.45) is 0 Å². The Morgan fingerprint density at radius 1 is 1.40 bits per heavy atom. The Morgan fingerprint density at radius 3 is 2.90 bits per heavy atom. The number of aromatic nitrogens is 1. The van der Waals surface area contributed by atoms with E-state index in [2.05, 4.69) is 4.98 Å². The maximum atomic E-state index is 12.4. The van der Waals surface area contributed by atoms with E-state index in [4.69, 9.17) is 10.00 Å². The van der Waals surface area contributed by atoms with Gasteiger partial charge in [0.05, 0.1) is 18.2 Å². The number of pyridine rings is 1. The molecule has 0 atom stereocenters. The lowest BCUT2D eigenvalue weighted by molar-refractivity contribution is 0.0992. The maximum Gasteiger partial charge on any atom is 0.260 e. The zero-order chi connectivity index (χ0) is 14.5. The second kappa shape index (κ2) is 5.85. The third-order valence-corrected chi connectivity index (χ3v) is 2.92. The van der Waals surface area contributed by atoms with Crippen LogP contribution in [-0.4, -0.2) is 25.0 Å². The predicted octanol–water partition coefficient (Wildman–Crippen LogP) is 2.24. The number of nitriles is 1. The van der Waals surface area contributed by atoms with Gasteiger partial charge >= 0.3 is 0 Å². The number of ether oxygens (including phenoxy) is 1. The highest BCUT2D eigenvalue weighted by molar-refractivity contribution is 6.07. The lowest BCUT2D eigenvalue weighted by Gasteiger charge is -2.18. The van der Waals surface area contributed by atoms with E-state index in [1.807, 2.05) is 6.07 Å². The molecule has 0 aliphatic rings. The molecular formula is C15H13N3O2. The quantitative estimate of drug-likeness (QED) is 0.855. The summed E-state index contributed by atoms with van der Waals surface area (Å²) in [6, 6.07) is 10.7. The lowest BCUT2D eigenvalue weighted by Crippen LogP contribution is -2.27. The van der Waals surface area contributed by atoms with Crippen molar-refractivity contribution in [3.63, 3.8) is 0 Å². The van der Waals surface area contributed by atoms with Gasteiger partial charge in [0.15, 0.2) is 0 Å². The topological polar surface area (TPSA) is 66.2 Å². The summed E-state index contributed by atoms with van der Waals surface area (Å²) in [5.41, 5.74) is 1.27. The molecule has 0 fully saturated rings. The average Bonchev–Trinajstić information content (AvgIpc) is 2.53. The zero-order valence-electron chi connectivity index (χ0n) is 11.2. The number of rotatable bonds is 3. The van der Waals surface area contributed by atoms with E-state index >= 15 is 0 Å². The molecule has 0 bridgehead atoms. The van der Waals surface area contributed by atoms with Crippen LogP contribution in [0.3, 0.4) is 0 Å². The molecule has 5 nitrogen and oxygen atoms in total. The van der Waals surface area contributed by atoms with E-state index in [1.54, 1.807) is 38.4 Å². The fourth-order valence-corrected chi connectivity index (χ4v) is 1.78. The minimum atomic E-state index is -0.289. The standard InChI is InChI=1S/C15H13N3O2/c1-18(12-4-3-5-13(8-12)20-2)15(19)14-10-17-7-6-11(14)9-16/h3-8,10H,1-2H3. The van der Waals surface area contributed by atoms with Crippen molar-refractivity contribution in [2.75, 3.05) is 19.1 Å². The van der Waals surface area contributed by atoms with Crippen LogP contribution in [0.5, 0.6) is 5.75 Å². The fraction of sp³-hybridized carbons (Fsp3) is 0.133. The van der Waals surface area contributed by atoms with Gasteiger partial charge in [-0.2, -0.15) is 5.26 Å². The summed E-state index contributed by atoms with van der Waals surface area (Å²) in [5.74, 6) is 0.372. The first kappa shape index (κ1) is 13.6. The monoisotopic (exact) mass is 267 g/mol. The third kappa shape index (κ3) is 2.59. The zero-order valence-corrected chi connectivity index (χ0v) is 11.2. The molecule has 2 rings (SSSR count). The van der Waals surface area contributed by atoms with Crippen LogP contribution in [0.25, 0.3) is 0 Å². The third-order valence-electron chi connectivity index (χ3n) is 2.92. The molecule has 1 aromatic heterocycles. The molecule has 0 saturated carbocycles. The molecule has 0 saturated heterocycles. The van der Waals surface area contributed by atoms with Gasteiger partial charge in [0.2, 0.25) is 0 Å². The average molecular weight is 267 g/mol. The molecule has 0 radical (unpaired) electrons. The molecule has 100 valence electrons. The highest BCUT2D eigenvalue weighted by atomic mass is 16.5. The number of carbonyl (C=O) groups is 1. The van der Waals surface area contributed by atoms with Gasteiger partial charge in [-0.3, -0.25) is 9.78 Å². The summed E-state index contributed by atoms with van der Waals surface area (Å²) in [6.45, 7) is 0. The summed E-state index contributed by atoms with van der Waals surface area (Å²) in [7, 11) is 3.21. The first-order valence-corrected chi connectivity index (χ1v) is 5.93. The van der Waals surface area contributed by atoms with Crippen molar-refractivity contribution in [1.29, 1.82) is 5.26 Å². The minimum absolute atomic E-state index is 0.278. The Labute approximate surface area is 117 Å². The summed E-state index contributed by atoms with van der Waals surface area (Å²) in [4.78, 5) is 17.8. The van der Waals surface area contributed by atoms with Gasteiger partial charge in [-0.1, -0.05) is 6.07 Å². The molecule has 20 heavy (non-hydrogen) atoms. The fourth-order valence-electron chi connectivity index (χ4n) is 1.78. The van der Waals surface area contributed by atoms with E-state index in [1.165, 1.54) is 23.4 Å². The highest BCUT2D eigenvalue weighted by Crippen LogP contribution is 2.22. The number of hydrogen-bond donors (Lipinski definition) is 0. The van der Waals surface area contributed by atoms with Gasteiger partial charge in [-0.05, 0) is 18.2 Å². The van der Waals surface area contributed by atoms with Gasteiger partial charge in [0.25, 0.3) is 5.91 Å². The molecule has 1 heterocycles. The molecule has 5 heteroatoms. The number of amides is 1. The Bertz CT molecular complexity index is 677. The molecule has 0 spiro atoms. The number of hydrogen-bond acceptors (Lipinski definition) is 4. The number of carbonyl (C=O) groups excluding carboxylic acids is 1. The molecular weight excluding hydrogens is 254 g/mol. The van der Waals surface area contributed by atoms with E-state index < -0.39 is 0 Å². The summed E-state index contributed by atoms with van der Waals surface area (Å²) in [6.07, 6.45) is 2.89. The van der Waals surface area contributed by atoms with Crippen LogP contribution < -0.4 is 9.64 Å². The first-order valence-electron chi connectivity index (χ1n) is 5.93. The van der Waals surface area contributed by atoms with E-state index in [9.17, 15) is 4.79 Å². The van der Waals surface area contributed by atoms with Gasteiger partial charge in [-0.25, -0.2) is 0 Å². The number of nitrogens with zero attached hydrogens (tertiary/aromatic N) is 3. The van der Waals surface area contributed by atoms with Crippen molar-refractivity contribution in [3.05, 3.63) is 53.9 Å². The molecule has 2 aromatic rings. The Kier molecular flexibility index (Phi) is 3.96. The van der Waals surface area contributed by atoms with E-state index in [0.29, 0.717) is 17.0 Å². The van der Waals surface area contributed by atoms with Crippen LogP contribution in [-0.2, 0) is 0 Å². The Morgan fingerprint density at radius 2 is 2.20 bits per heavy atom. The van der Waals surface area contributed by atoms with Crippen molar-refractivity contribution in [3.8, 4) is 11.8 Å². The summed E-state index contributed by atoms with van der Waals surface area (Å²) >= 11 is 0. The SMILES string of the molecule is COc1cccc(N(C)C(=O)c2cnccc2C#N)c1. The molecule has 1 amide bonds. The van der Waals surface area contributed by atoms with Gasteiger partial charge in [0, 0.05) is 31.2 Å². The molecule has 0 N–H and O–H groups in total. The van der Waals surface area contributed by atoms with Gasteiger partial charge < -0.3 is 9.64 Å². The van der Waals surface area contributed by atoms with Crippen molar-refractivity contribution >= 4 is 11.6 Å². The number of anilines is 1. The first-order chi connectivity index (χ1) is 9.67. The van der Waals surface area contributed by atoms with Gasteiger partial charge in [-0.15, -0.1) is 0 Å². The largest absolute Gasteiger partial charge is 0.497 e. The van der Waals surface area contributed by atoms with Crippen LogP contribution in [0.4, 0.5) is 5.69 Å². The van der Waals surface area contributed by atoms with Gasteiger partial charge in [0.1, 0.15) is 11.8 Å². The second-order valence-corrected chi connectivity index (χ2v) is 4.10. The summed E-state index contributed by atoms with van der Waals surface area (Å²) in [5, 5.41) is 9.03. The lowest BCUT2D eigenvalue weighted by atomic mass is 10.1. The Hall–Kier alpha value is -2.87. The second-order valence-electron chi connectivity index (χ2n) is 4.10. The Balaban J connectivity index is 2.35. The minimum Gasteiger partial charge on any atom is -0.497 e. The maximum absolute atomic E-state index is 12.4. The van der Waals surface area contributed by atoms with Crippen LogP contribution >= 0.6 is 0 Å². The molecule has 1 aromatic carbocycles. The van der Waals surface area contributed by atoms with Crippen molar-refractivity contribution in [2.45, 2.75) is 0 Å². The van der Waals surface area contributed by atoms with Crippen molar-refractivity contribution < 1.29 is 9.53 Å². The smallest absolute Gasteiger partial charge is 0.260 e. The normalized spacial score (nSPS) is 9.65. The van der Waals surface area contributed by atoms with Crippen LogP contribution in [0.2, 0.25) is 0 Å².